The molecule has 100 valence electrons. The third-order valence-corrected chi connectivity index (χ3v) is 4.48. The smallest absolute Gasteiger partial charge is 0.260 e. The first-order valence-electron chi connectivity index (χ1n) is 6.53. The number of hydrogen-bond donors (Lipinski definition) is 1. The van der Waals surface area contributed by atoms with Crippen LogP contribution in [0.3, 0.4) is 0 Å². The first-order chi connectivity index (χ1) is 9.15. The zero-order valence-electron chi connectivity index (χ0n) is 10.8. The molecule has 0 radical (unpaired) electrons. The topological polar surface area (TPSA) is 64.9 Å². The van der Waals surface area contributed by atoms with Crippen molar-refractivity contribution in [2.75, 3.05) is 5.73 Å². The second-order valence-corrected chi connectivity index (χ2v) is 6.13. The highest BCUT2D eigenvalue weighted by Gasteiger charge is 2.27. The Kier molecular flexibility index (Phi) is 3.31. The second kappa shape index (κ2) is 4.96. The number of rotatable bonds is 2. The Morgan fingerprint density at radius 3 is 2.95 bits per heavy atom. The molecule has 3 rings (SSSR count). The molecular formula is C14H16BrN3O. The van der Waals surface area contributed by atoms with Gasteiger partial charge in [0.25, 0.3) is 5.89 Å². The van der Waals surface area contributed by atoms with Crippen LogP contribution in [-0.2, 0) is 0 Å². The van der Waals surface area contributed by atoms with Gasteiger partial charge in [0.1, 0.15) is 0 Å². The van der Waals surface area contributed by atoms with E-state index in [9.17, 15) is 0 Å². The average molecular weight is 322 g/mol. The minimum Gasteiger partial charge on any atom is -0.397 e. The van der Waals surface area contributed by atoms with Crippen LogP contribution in [0.5, 0.6) is 0 Å². The third kappa shape index (κ3) is 2.39. The summed E-state index contributed by atoms with van der Waals surface area (Å²) in [6, 6.07) is 5.71. The molecule has 2 N–H and O–H groups in total. The van der Waals surface area contributed by atoms with Gasteiger partial charge in [-0.1, -0.05) is 18.1 Å². The highest BCUT2D eigenvalue weighted by atomic mass is 79.9. The highest BCUT2D eigenvalue weighted by molar-refractivity contribution is 9.10. The monoisotopic (exact) mass is 321 g/mol. The SMILES string of the molecule is CC1CCC(c2noc(-c3cccc(Br)c3N)n2)C1. The molecule has 4 nitrogen and oxygen atoms in total. The van der Waals surface area contributed by atoms with Gasteiger partial charge < -0.3 is 10.3 Å². The fourth-order valence-electron chi connectivity index (χ4n) is 2.68. The van der Waals surface area contributed by atoms with Crippen molar-refractivity contribution < 1.29 is 4.52 Å². The Hall–Kier alpha value is -1.36. The molecule has 1 aromatic carbocycles. The minimum atomic E-state index is 0.431. The van der Waals surface area contributed by atoms with Crippen molar-refractivity contribution in [3.8, 4) is 11.5 Å². The van der Waals surface area contributed by atoms with Crippen LogP contribution in [0.4, 0.5) is 5.69 Å². The second-order valence-electron chi connectivity index (χ2n) is 5.27. The molecule has 0 bridgehead atoms. The molecule has 19 heavy (non-hydrogen) atoms. The fourth-order valence-corrected chi connectivity index (χ4v) is 3.04. The predicted octanol–water partition coefficient (Wildman–Crippen LogP) is 3.98. The Labute approximate surface area is 120 Å². The fraction of sp³-hybridized carbons (Fsp3) is 0.429. The van der Waals surface area contributed by atoms with Crippen molar-refractivity contribution >= 4 is 21.6 Å². The number of para-hydroxylation sites is 1. The summed E-state index contributed by atoms with van der Waals surface area (Å²) in [6.45, 7) is 2.27. The number of nitrogens with zero attached hydrogens (tertiary/aromatic N) is 2. The van der Waals surface area contributed by atoms with Crippen molar-refractivity contribution in [3.05, 3.63) is 28.5 Å². The lowest BCUT2D eigenvalue weighted by atomic mass is 10.1. The molecule has 1 aliphatic rings. The van der Waals surface area contributed by atoms with Gasteiger partial charge in [-0.2, -0.15) is 4.98 Å². The third-order valence-electron chi connectivity index (χ3n) is 3.79. The Bertz CT molecular complexity index is 596. The molecule has 0 amide bonds. The number of halogens is 1. The van der Waals surface area contributed by atoms with E-state index in [2.05, 4.69) is 33.0 Å². The number of nitrogens with two attached hydrogens (primary N) is 1. The highest BCUT2D eigenvalue weighted by Crippen LogP contribution is 2.38. The van der Waals surface area contributed by atoms with E-state index in [-0.39, 0.29) is 0 Å². The van der Waals surface area contributed by atoms with E-state index in [1.54, 1.807) is 0 Å². The molecular weight excluding hydrogens is 306 g/mol. The molecule has 2 aromatic rings. The Morgan fingerprint density at radius 1 is 1.37 bits per heavy atom. The molecule has 0 saturated heterocycles. The largest absolute Gasteiger partial charge is 0.397 e. The van der Waals surface area contributed by atoms with E-state index in [1.165, 1.54) is 6.42 Å². The van der Waals surface area contributed by atoms with Crippen LogP contribution >= 0.6 is 15.9 Å². The maximum atomic E-state index is 6.02. The number of aromatic nitrogens is 2. The minimum absolute atomic E-state index is 0.431. The Morgan fingerprint density at radius 2 is 2.21 bits per heavy atom. The van der Waals surface area contributed by atoms with Crippen LogP contribution in [-0.4, -0.2) is 10.1 Å². The molecule has 1 fully saturated rings. The van der Waals surface area contributed by atoms with Crippen LogP contribution in [0.25, 0.3) is 11.5 Å². The quantitative estimate of drug-likeness (QED) is 0.849. The van der Waals surface area contributed by atoms with Crippen molar-refractivity contribution in [2.45, 2.75) is 32.1 Å². The lowest BCUT2D eigenvalue weighted by Gasteiger charge is -2.03. The van der Waals surface area contributed by atoms with Crippen molar-refractivity contribution in [2.24, 2.45) is 5.92 Å². The van der Waals surface area contributed by atoms with Crippen LogP contribution in [0, 0.1) is 5.92 Å². The van der Waals surface area contributed by atoms with E-state index in [0.717, 1.165) is 34.6 Å². The molecule has 1 aromatic heterocycles. The van der Waals surface area contributed by atoms with Crippen molar-refractivity contribution in [3.63, 3.8) is 0 Å². The predicted molar refractivity (Wildman–Crippen MR) is 77.6 cm³/mol. The van der Waals surface area contributed by atoms with Gasteiger partial charge >= 0.3 is 0 Å². The van der Waals surface area contributed by atoms with E-state index in [4.69, 9.17) is 10.3 Å². The van der Waals surface area contributed by atoms with Gasteiger partial charge in [-0.15, -0.1) is 0 Å². The molecule has 2 atom stereocenters. The maximum absolute atomic E-state index is 6.02. The number of nitrogen functional groups attached to an aromatic ring is 1. The van der Waals surface area contributed by atoms with Crippen molar-refractivity contribution in [1.29, 1.82) is 0 Å². The van der Waals surface area contributed by atoms with E-state index >= 15 is 0 Å². The first kappa shape index (κ1) is 12.7. The summed E-state index contributed by atoms with van der Waals surface area (Å²) in [4.78, 5) is 4.52. The van der Waals surface area contributed by atoms with E-state index < -0.39 is 0 Å². The number of benzene rings is 1. The molecule has 0 spiro atoms. The summed E-state index contributed by atoms with van der Waals surface area (Å²) in [7, 11) is 0. The van der Waals surface area contributed by atoms with Crippen LogP contribution in [0.2, 0.25) is 0 Å². The summed E-state index contributed by atoms with van der Waals surface area (Å²) >= 11 is 3.41. The molecule has 1 saturated carbocycles. The maximum Gasteiger partial charge on any atom is 0.260 e. The van der Waals surface area contributed by atoms with Crippen LogP contribution in [0.1, 0.15) is 37.9 Å². The van der Waals surface area contributed by atoms with Gasteiger partial charge in [-0.25, -0.2) is 0 Å². The zero-order valence-corrected chi connectivity index (χ0v) is 12.4. The van der Waals surface area contributed by atoms with Crippen molar-refractivity contribution in [1.82, 2.24) is 10.1 Å². The van der Waals surface area contributed by atoms with Gasteiger partial charge in [0.15, 0.2) is 5.82 Å². The Balaban J connectivity index is 1.91. The average Bonchev–Trinajstić information content (AvgIpc) is 3.01. The van der Waals surface area contributed by atoms with Crippen LogP contribution in [0.15, 0.2) is 27.2 Å². The van der Waals surface area contributed by atoms with Gasteiger partial charge in [-0.3, -0.25) is 0 Å². The van der Waals surface area contributed by atoms with Crippen LogP contribution < -0.4 is 5.73 Å². The first-order valence-corrected chi connectivity index (χ1v) is 7.32. The molecule has 1 aliphatic carbocycles. The lowest BCUT2D eigenvalue weighted by Crippen LogP contribution is -1.96. The summed E-state index contributed by atoms with van der Waals surface area (Å²) in [5.74, 6) is 2.51. The normalized spacial score (nSPS) is 22.8. The number of anilines is 1. The summed E-state index contributed by atoms with van der Waals surface area (Å²) in [5, 5.41) is 4.12. The van der Waals surface area contributed by atoms with E-state index in [1.807, 2.05) is 18.2 Å². The summed E-state index contributed by atoms with van der Waals surface area (Å²) < 4.78 is 6.22. The molecule has 2 unspecified atom stereocenters. The summed E-state index contributed by atoms with van der Waals surface area (Å²) in [5.41, 5.74) is 7.45. The lowest BCUT2D eigenvalue weighted by molar-refractivity contribution is 0.415. The van der Waals surface area contributed by atoms with Gasteiger partial charge in [-0.05, 0) is 53.2 Å². The summed E-state index contributed by atoms with van der Waals surface area (Å²) in [6.07, 6.45) is 3.54. The molecule has 5 heteroatoms. The van der Waals surface area contributed by atoms with E-state index in [0.29, 0.717) is 17.5 Å². The van der Waals surface area contributed by atoms with Gasteiger partial charge in [0.2, 0.25) is 0 Å². The number of hydrogen-bond acceptors (Lipinski definition) is 4. The zero-order chi connectivity index (χ0) is 13.4. The molecule has 0 aliphatic heterocycles. The molecule has 1 heterocycles. The van der Waals surface area contributed by atoms with Gasteiger partial charge in [0.05, 0.1) is 11.3 Å². The standard InChI is InChI=1S/C14H16BrN3O/c1-8-5-6-9(7-8)13-17-14(19-18-13)10-3-2-4-11(15)12(10)16/h2-4,8-9H,5-7,16H2,1H3. The van der Waals surface area contributed by atoms with Gasteiger partial charge in [0, 0.05) is 10.4 Å².